The first-order valence-electron chi connectivity index (χ1n) is 7.05. The summed E-state index contributed by atoms with van der Waals surface area (Å²) in [6, 6.07) is 13.3. The molecular formula is C16H21O4P. The van der Waals surface area contributed by atoms with E-state index in [-0.39, 0.29) is 13.2 Å². The van der Waals surface area contributed by atoms with Gasteiger partial charge in [-0.25, -0.2) is 0 Å². The summed E-state index contributed by atoms with van der Waals surface area (Å²) in [5, 5.41) is 11.1. The van der Waals surface area contributed by atoms with E-state index in [1.165, 1.54) is 6.92 Å². The van der Waals surface area contributed by atoms with Crippen molar-refractivity contribution >= 4 is 18.4 Å². The molecule has 0 fully saturated rings. The molecule has 0 aromatic heterocycles. The van der Waals surface area contributed by atoms with Crippen molar-refractivity contribution in [1.82, 2.24) is 0 Å². The fraction of sp³-hybridized carbons (Fsp3) is 0.375. The topological polar surface area (TPSA) is 55.8 Å². The van der Waals surface area contributed by atoms with Gasteiger partial charge in [0.1, 0.15) is 0 Å². The molecule has 0 bridgehead atoms. The molecule has 1 unspecified atom stereocenters. The highest BCUT2D eigenvalue weighted by molar-refractivity contribution is 7.54. The summed E-state index contributed by atoms with van der Waals surface area (Å²) >= 11 is 0. The van der Waals surface area contributed by atoms with Gasteiger partial charge in [0.05, 0.1) is 13.2 Å². The predicted octanol–water partition coefficient (Wildman–Crippen LogP) is 4.27. The van der Waals surface area contributed by atoms with Crippen molar-refractivity contribution in [2.75, 3.05) is 13.2 Å². The van der Waals surface area contributed by atoms with Crippen LogP contribution in [0.4, 0.5) is 0 Å². The highest BCUT2D eigenvalue weighted by atomic mass is 31.2. The fourth-order valence-electron chi connectivity index (χ4n) is 2.27. The van der Waals surface area contributed by atoms with Crippen LogP contribution in [0.3, 0.4) is 0 Å². The predicted molar refractivity (Wildman–Crippen MR) is 84.4 cm³/mol. The maximum Gasteiger partial charge on any atom is 0.366 e. The Morgan fingerprint density at radius 1 is 1.05 bits per heavy atom. The minimum Gasteiger partial charge on any atom is -0.373 e. The van der Waals surface area contributed by atoms with Crippen LogP contribution in [0.2, 0.25) is 0 Å². The molecule has 0 aliphatic carbocycles. The molecule has 5 heteroatoms. The largest absolute Gasteiger partial charge is 0.373 e. The minimum absolute atomic E-state index is 0.209. The number of rotatable bonds is 6. The Morgan fingerprint density at radius 3 is 2.19 bits per heavy atom. The molecule has 21 heavy (non-hydrogen) atoms. The quantitative estimate of drug-likeness (QED) is 0.810. The molecule has 2 aromatic rings. The summed E-state index contributed by atoms with van der Waals surface area (Å²) < 4.78 is 23.4. The van der Waals surface area contributed by atoms with E-state index in [9.17, 15) is 9.67 Å². The van der Waals surface area contributed by atoms with Crippen LogP contribution in [0.25, 0.3) is 10.8 Å². The van der Waals surface area contributed by atoms with E-state index in [4.69, 9.17) is 9.05 Å². The van der Waals surface area contributed by atoms with Crippen molar-refractivity contribution < 1.29 is 18.7 Å². The Labute approximate surface area is 125 Å². The van der Waals surface area contributed by atoms with Gasteiger partial charge in [-0.3, -0.25) is 4.57 Å². The molecule has 0 aliphatic heterocycles. The van der Waals surface area contributed by atoms with Crippen LogP contribution in [-0.2, 0) is 19.0 Å². The van der Waals surface area contributed by atoms with Crippen LogP contribution in [0.5, 0.6) is 0 Å². The third-order valence-electron chi connectivity index (χ3n) is 3.43. The highest BCUT2D eigenvalue weighted by Crippen LogP contribution is 2.63. The molecule has 0 radical (unpaired) electrons. The number of fused-ring (bicyclic) bond motifs is 1. The third kappa shape index (κ3) is 3.04. The second-order valence-electron chi connectivity index (χ2n) is 4.92. The van der Waals surface area contributed by atoms with Crippen molar-refractivity contribution in [2.45, 2.75) is 26.1 Å². The van der Waals surface area contributed by atoms with Crippen molar-refractivity contribution in [2.24, 2.45) is 0 Å². The number of hydrogen-bond donors (Lipinski definition) is 1. The fourth-order valence-corrected chi connectivity index (χ4v) is 3.98. The van der Waals surface area contributed by atoms with E-state index in [1.807, 2.05) is 36.4 Å². The second-order valence-corrected chi connectivity index (χ2v) is 7.30. The van der Waals surface area contributed by atoms with Crippen LogP contribution in [-0.4, -0.2) is 18.3 Å². The molecule has 0 spiro atoms. The Hall–Kier alpha value is -1.19. The SMILES string of the molecule is CCOP(=O)(OCC)C(C)(O)c1ccc2ccccc2c1. The standard InChI is InChI=1S/C16H21O4P/c1-4-19-21(18,20-5-2)16(3,17)15-11-10-13-8-6-7-9-14(13)12-15/h6-12,17H,4-5H2,1-3H3. The van der Waals surface area contributed by atoms with Crippen LogP contribution >= 0.6 is 7.60 Å². The molecule has 0 saturated carbocycles. The van der Waals surface area contributed by atoms with E-state index in [0.717, 1.165) is 10.8 Å². The van der Waals surface area contributed by atoms with E-state index < -0.39 is 12.9 Å². The van der Waals surface area contributed by atoms with Gasteiger partial charge in [-0.05, 0) is 43.2 Å². The number of aliphatic hydroxyl groups is 1. The Bertz CT molecular complexity index is 656. The first kappa shape index (κ1) is 16.2. The molecule has 0 amide bonds. The van der Waals surface area contributed by atoms with Gasteiger partial charge in [0.15, 0.2) is 5.34 Å². The number of hydrogen-bond acceptors (Lipinski definition) is 4. The van der Waals surface area contributed by atoms with Gasteiger partial charge < -0.3 is 14.2 Å². The molecular weight excluding hydrogens is 287 g/mol. The zero-order chi connectivity index (χ0) is 15.5. The van der Waals surface area contributed by atoms with Gasteiger partial charge in [0.2, 0.25) is 0 Å². The smallest absolute Gasteiger partial charge is 0.366 e. The molecule has 0 saturated heterocycles. The minimum atomic E-state index is -3.67. The molecule has 2 aromatic carbocycles. The van der Waals surface area contributed by atoms with Crippen LogP contribution in [0.1, 0.15) is 26.3 Å². The van der Waals surface area contributed by atoms with Gasteiger partial charge in [-0.1, -0.05) is 36.4 Å². The van der Waals surface area contributed by atoms with Crippen LogP contribution in [0.15, 0.2) is 42.5 Å². The monoisotopic (exact) mass is 308 g/mol. The summed E-state index contributed by atoms with van der Waals surface area (Å²) in [6.07, 6.45) is 0. The Kier molecular flexibility index (Phi) is 4.84. The maximum atomic E-state index is 12.9. The highest BCUT2D eigenvalue weighted by Gasteiger charge is 2.47. The molecule has 1 N–H and O–H groups in total. The molecule has 0 aliphatic rings. The average Bonchev–Trinajstić information content (AvgIpc) is 2.47. The van der Waals surface area contributed by atoms with Crippen LogP contribution < -0.4 is 0 Å². The van der Waals surface area contributed by atoms with Gasteiger partial charge in [0.25, 0.3) is 0 Å². The lowest BCUT2D eigenvalue weighted by Crippen LogP contribution is -2.24. The summed E-state index contributed by atoms with van der Waals surface area (Å²) in [4.78, 5) is 0. The normalized spacial score (nSPS) is 15.0. The lowest BCUT2D eigenvalue weighted by molar-refractivity contribution is 0.0803. The van der Waals surface area contributed by atoms with E-state index in [1.54, 1.807) is 19.9 Å². The summed E-state index contributed by atoms with van der Waals surface area (Å²) in [5.41, 5.74) is 0.520. The maximum absolute atomic E-state index is 12.9. The van der Waals surface area contributed by atoms with Crippen molar-refractivity contribution in [3.05, 3.63) is 48.0 Å². The zero-order valence-electron chi connectivity index (χ0n) is 12.6. The van der Waals surface area contributed by atoms with Crippen molar-refractivity contribution in [3.8, 4) is 0 Å². The summed E-state index contributed by atoms with van der Waals surface area (Å²) in [7, 11) is -3.67. The van der Waals surface area contributed by atoms with Crippen LogP contribution in [0, 0.1) is 0 Å². The van der Waals surface area contributed by atoms with Gasteiger partial charge >= 0.3 is 7.60 Å². The molecule has 0 heterocycles. The Morgan fingerprint density at radius 2 is 1.62 bits per heavy atom. The van der Waals surface area contributed by atoms with Crippen molar-refractivity contribution in [1.29, 1.82) is 0 Å². The number of benzene rings is 2. The Balaban J connectivity index is 2.50. The molecule has 114 valence electrons. The van der Waals surface area contributed by atoms with Gasteiger partial charge in [-0.15, -0.1) is 0 Å². The third-order valence-corrected chi connectivity index (χ3v) is 5.95. The van der Waals surface area contributed by atoms with E-state index >= 15 is 0 Å². The summed E-state index contributed by atoms with van der Waals surface area (Å²) in [5.74, 6) is 0. The lowest BCUT2D eigenvalue weighted by Gasteiger charge is -2.31. The molecule has 1 atom stereocenters. The lowest BCUT2D eigenvalue weighted by atomic mass is 10.0. The summed E-state index contributed by atoms with van der Waals surface area (Å²) in [6.45, 7) is 5.34. The van der Waals surface area contributed by atoms with E-state index in [2.05, 4.69) is 0 Å². The van der Waals surface area contributed by atoms with Gasteiger partial charge in [0, 0.05) is 0 Å². The average molecular weight is 308 g/mol. The van der Waals surface area contributed by atoms with Gasteiger partial charge in [-0.2, -0.15) is 0 Å². The zero-order valence-corrected chi connectivity index (χ0v) is 13.5. The molecule has 4 nitrogen and oxygen atoms in total. The molecule has 2 rings (SSSR count). The first-order chi connectivity index (χ1) is 9.94. The first-order valence-corrected chi connectivity index (χ1v) is 8.59. The van der Waals surface area contributed by atoms with E-state index in [0.29, 0.717) is 5.56 Å². The van der Waals surface area contributed by atoms with Crippen molar-refractivity contribution in [3.63, 3.8) is 0 Å². The second kappa shape index (κ2) is 6.29.